The second kappa shape index (κ2) is 9.28. The van der Waals surface area contributed by atoms with E-state index in [1.165, 1.54) is 6.42 Å². The van der Waals surface area contributed by atoms with Gasteiger partial charge in [0.05, 0.1) is 0 Å². The summed E-state index contributed by atoms with van der Waals surface area (Å²) in [6.45, 7) is 10.2. The first-order valence-electron chi connectivity index (χ1n) is 6.20. The van der Waals surface area contributed by atoms with Gasteiger partial charge >= 0.3 is 0 Å². The van der Waals surface area contributed by atoms with Gasteiger partial charge < -0.3 is 16.4 Å². The summed E-state index contributed by atoms with van der Waals surface area (Å²) < 4.78 is 0. The smallest absolute Gasteiger partial charge is 0.0281 e. The molecule has 16 heavy (non-hydrogen) atoms. The van der Waals surface area contributed by atoms with Crippen LogP contribution in [0.3, 0.4) is 0 Å². The lowest BCUT2D eigenvalue weighted by molar-refractivity contribution is 0.417. The maximum absolute atomic E-state index is 5.96. The molecule has 0 saturated carbocycles. The van der Waals surface area contributed by atoms with Gasteiger partial charge in [-0.05, 0) is 32.0 Å². The van der Waals surface area contributed by atoms with E-state index in [1.807, 2.05) is 13.1 Å². The molecule has 0 unspecified atom stereocenters. The molecular formula is C13H27N3. The first-order chi connectivity index (χ1) is 7.65. The summed E-state index contributed by atoms with van der Waals surface area (Å²) in [4.78, 5) is 0. The Morgan fingerprint density at radius 1 is 1.44 bits per heavy atom. The van der Waals surface area contributed by atoms with Crippen LogP contribution in [0.15, 0.2) is 24.0 Å². The molecule has 0 aromatic rings. The van der Waals surface area contributed by atoms with E-state index in [1.54, 1.807) is 0 Å². The molecular weight excluding hydrogens is 198 g/mol. The van der Waals surface area contributed by atoms with Crippen LogP contribution in [0.5, 0.6) is 0 Å². The molecule has 0 aromatic carbocycles. The highest BCUT2D eigenvalue weighted by atomic mass is 14.9. The lowest BCUT2D eigenvalue weighted by Crippen LogP contribution is -2.30. The first-order valence-corrected chi connectivity index (χ1v) is 6.20. The van der Waals surface area contributed by atoms with Crippen molar-refractivity contribution in [1.29, 1.82) is 0 Å². The minimum absolute atomic E-state index is 0.534. The third-order valence-corrected chi connectivity index (χ3v) is 2.47. The fraction of sp³-hybridized carbons (Fsp3) is 0.692. The van der Waals surface area contributed by atoms with Gasteiger partial charge in [-0.3, -0.25) is 0 Å². The van der Waals surface area contributed by atoms with E-state index in [0.717, 1.165) is 37.3 Å². The van der Waals surface area contributed by atoms with E-state index in [2.05, 4.69) is 31.1 Å². The van der Waals surface area contributed by atoms with Crippen molar-refractivity contribution < 1.29 is 0 Å². The van der Waals surface area contributed by atoms with Crippen LogP contribution in [0.1, 0.15) is 33.1 Å². The number of hydrogen-bond donors (Lipinski definition) is 3. The van der Waals surface area contributed by atoms with Gasteiger partial charge in [0.1, 0.15) is 0 Å². The fourth-order valence-electron chi connectivity index (χ4n) is 1.55. The Morgan fingerprint density at radius 3 is 2.38 bits per heavy atom. The van der Waals surface area contributed by atoms with Crippen molar-refractivity contribution >= 4 is 0 Å². The monoisotopic (exact) mass is 225 g/mol. The van der Waals surface area contributed by atoms with Gasteiger partial charge in [-0.15, -0.1) is 0 Å². The quantitative estimate of drug-likeness (QED) is 0.644. The van der Waals surface area contributed by atoms with Crippen LogP contribution in [0.2, 0.25) is 0 Å². The Balaban J connectivity index is 0.000000673. The normalized spacial score (nSPS) is 17.3. The van der Waals surface area contributed by atoms with Crippen LogP contribution >= 0.6 is 0 Å². The van der Waals surface area contributed by atoms with Gasteiger partial charge in [0.15, 0.2) is 0 Å². The fourth-order valence-corrected chi connectivity index (χ4v) is 1.55. The predicted octanol–water partition coefficient (Wildman–Crippen LogP) is 1.98. The SMILES string of the molecule is C=C(/C=C(\N)C1CCNCC1)NC.CCC. The Labute approximate surface area is 100 Å². The number of nitrogens with two attached hydrogens (primary N) is 1. The molecule has 3 heteroatoms. The van der Waals surface area contributed by atoms with E-state index in [0.29, 0.717) is 5.92 Å². The lowest BCUT2D eigenvalue weighted by atomic mass is 9.94. The zero-order chi connectivity index (χ0) is 12.4. The van der Waals surface area contributed by atoms with Crippen LogP contribution in [-0.4, -0.2) is 20.1 Å². The van der Waals surface area contributed by atoms with E-state index in [-0.39, 0.29) is 0 Å². The molecule has 1 rings (SSSR count). The van der Waals surface area contributed by atoms with Gasteiger partial charge in [-0.1, -0.05) is 26.8 Å². The Hall–Kier alpha value is -0.960. The summed E-state index contributed by atoms with van der Waals surface area (Å²) in [6.07, 6.45) is 5.47. The zero-order valence-electron chi connectivity index (χ0n) is 11.0. The Morgan fingerprint density at radius 2 is 1.94 bits per heavy atom. The molecule has 1 fully saturated rings. The number of allylic oxidation sites excluding steroid dienone is 2. The summed E-state index contributed by atoms with van der Waals surface area (Å²) in [5.74, 6) is 0.534. The largest absolute Gasteiger partial charge is 0.402 e. The van der Waals surface area contributed by atoms with Crippen molar-refractivity contribution in [2.24, 2.45) is 11.7 Å². The zero-order valence-corrected chi connectivity index (χ0v) is 11.0. The average molecular weight is 225 g/mol. The van der Waals surface area contributed by atoms with Crippen LogP contribution < -0.4 is 16.4 Å². The molecule has 0 aromatic heterocycles. The second-order valence-electron chi connectivity index (χ2n) is 4.15. The maximum atomic E-state index is 5.96. The molecule has 1 heterocycles. The molecule has 1 aliphatic rings. The average Bonchev–Trinajstić information content (AvgIpc) is 2.31. The van der Waals surface area contributed by atoms with E-state index in [4.69, 9.17) is 5.73 Å². The molecule has 0 atom stereocenters. The van der Waals surface area contributed by atoms with Gasteiger partial charge in [-0.25, -0.2) is 0 Å². The molecule has 0 spiro atoms. The third-order valence-electron chi connectivity index (χ3n) is 2.47. The van der Waals surface area contributed by atoms with Gasteiger partial charge in [0.2, 0.25) is 0 Å². The highest BCUT2D eigenvalue weighted by molar-refractivity contribution is 5.19. The van der Waals surface area contributed by atoms with E-state index >= 15 is 0 Å². The molecule has 0 aliphatic carbocycles. The first kappa shape index (κ1) is 15.0. The summed E-state index contributed by atoms with van der Waals surface area (Å²) in [6, 6.07) is 0. The molecule has 3 nitrogen and oxygen atoms in total. The van der Waals surface area contributed by atoms with Crippen molar-refractivity contribution in [2.75, 3.05) is 20.1 Å². The number of piperidine rings is 1. The lowest BCUT2D eigenvalue weighted by Gasteiger charge is -2.23. The van der Waals surface area contributed by atoms with Gasteiger partial charge in [0.25, 0.3) is 0 Å². The van der Waals surface area contributed by atoms with Crippen molar-refractivity contribution in [3.8, 4) is 0 Å². The number of likely N-dealkylation sites (N-methyl/N-ethyl adjacent to an activating group) is 1. The number of hydrogen-bond acceptors (Lipinski definition) is 3. The van der Waals surface area contributed by atoms with Crippen molar-refractivity contribution in [1.82, 2.24) is 10.6 Å². The molecule has 1 aliphatic heterocycles. The standard InChI is InChI=1S/C10H19N3.C3H8/c1-8(12-2)7-10(11)9-3-5-13-6-4-9;1-3-2/h7,9,12-13H,1,3-6,11H2,2H3;3H2,1-2H3/b10-7-;. The van der Waals surface area contributed by atoms with Crippen molar-refractivity contribution in [3.05, 3.63) is 24.0 Å². The topological polar surface area (TPSA) is 50.1 Å². The van der Waals surface area contributed by atoms with E-state index < -0.39 is 0 Å². The number of nitrogens with one attached hydrogen (secondary N) is 2. The van der Waals surface area contributed by atoms with Gasteiger partial charge in [0, 0.05) is 24.4 Å². The molecule has 94 valence electrons. The third kappa shape index (κ3) is 6.51. The Kier molecular flexibility index (Phi) is 8.72. The van der Waals surface area contributed by atoms with E-state index in [9.17, 15) is 0 Å². The van der Waals surface area contributed by atoms with Crippen LogP contribution in [0.25, 0.3) is 0 Å². The summed E-state index contributed by atoms with van der Waals surface area (Å²) in [5, 5.41) is 6.28. The minimum Gasteiger partial charge on any atom is -0.402 e. The minimum atomic E-state index is 0.534. The van der Waals surface area contributed by atoms with Crippen molar-refractivity contribution in [2.45, 2.75) is 33.1 Å². The highest BCUT2D eigenvalue weighted by Gasteiger charge is 2.14. The maximum Gasteiger partial charge on any atom is 0.0281 e. The molecule has 0 bridgehead atoms. The Bertz CT molecular complexity index is 215. The number of rotatable bonds is 3. The molecule has 4 N–H and O–H groups in total. The summed E-state index contributed by atoms with van der Waals surface area (Å²) >= 11 is 0. The van der Waals surface area contributed by atoms with Crippen molar-refractivity contribution in [3.63, 3.8) is 0 Å². The molecule has 0 amide bonds. The molecule has 1 saturated heterocycles. The van der Waals surface area contributed by atoms with Crippen LogP contribution in [-0.2, 0) is 0 Å². The second-order valence-corrected chi connectivity index (χ2v) is 4.15. The van der Waals surface area contributed by atoms with Crippen LogP contribution in [0.4, 0.5) is 0 Å². The van der Waals surface area contributed by atoms with Gasteiger partial charge in [-0.2, -0.15) is 0 Å². The van der Waals surface area contributed by atoms with Crippen LogP contribution in [0, 0.1) is 5.92 Å². The highest BCUT2D eigenvalue weighted by Crippen LogP contribution is 2.17. The summed E-state index contributed by atoms with van der Waals surface area (Å²) in [7, 11) is 1.86. The predicted molar refractivity (Wildman–Crippen MR) is 72.0 cm³/mol. The summed E-state index contributed by atoms with van der Waals surface area (Å²) in [5.41, 5.74) is 7.80. The molecule has 0 radical (unpaired) electrons.